The van der Waals surface area contributed by atoms with E-state index in [2.05, 4.69) is 15.3 Å². The lowest BCUT2D eigenvalue weighted by molar-refractivity contribution is -0.137. The Morgan fingerprint density at radius 3 is 2.53 bits per heavy atom. The summed E-state index contributed by atoms with van der Waals surface area (Å²) in [7, 11) is 0. The molecule has 1 aromatic carbocycles. The quantitative estimate of drug-likeness (QED) is 0.597. The number of aromatic nitrogens is 3. The van der Waals surface area contributed by atoms with Crippen molar-refractivity contribution in [3.63, 3.8) is 0 Å². The number of anilines is 1. The first-order chi connectivity index (χ1) is 16.6. The monoisotopic (exact) mass is 498 g/mol. The smallest absolute Gasteiger partial charge is 0.229 e. The molecule has 3 aliphatic rings. The predicted octanol–water partition coefficient (Wildman–Crippen LogP) is 3.57. The average Bonchev–Trinajstić information content (AvgIpc) is 3.13. The first-order valence-electron chi connectivity index (χ1n) is 12.1. The fourth-order valence-corrected chi connectivity index (χ4v) is 6.19. The summed E-state index contributed by atoms with van der Waals surface area (Å²) in [6, 6.07) is 7.73. The molecule has 178 valence electrons. The Kier molecular flexibility index (Phi) is 5.87. The molecule has 0 spiro atoms. The number of rotatable bonds is 3. The number of benzene rings is 1. The molecular weight excluding hydrogens is 471 g/mol. The summed E-state index contributed by atoms with van der Waals surface area (Å²) in [5.41, 5.74) is 4.49. The molecule has 0 bridgehead atoms. The van der Waals surface area contributed by atoms with E-state index in [0.717, 1.165) is 82.1 Å². The van der Waals surface area contributed by atoms with Gasteiger partial charge < -0.3 is 15.1 Å². The molecule has 0 saturated carbocycles. The van der Waals surface area contributed by atoms with Crippen molar-refractivity contribution in [3.8, 4) is 0 Å². The van der Waals surface area contributed by atoms with E-state index in [1.807, 2.05) is 33.8 Å². The fraction of sp³-hybridized carbons (Fsp3) is 0.480. The highest BCUT2D eigenvalue weighted by Gasteiger charge is 2.39. The molecule has 3 aliphatic heterocycles. The number of likely N-dealkylation sites (tertiary alicyclic amines) is 1. The number of fused-ring (bicyclic) bond motifs is 2. The number of halogens is 2. The lowest BCUT2D eigenvalue weighted by Crippen LogP contribution is -2.56. The maximum Gasteiger partial charge on any atom is 0.229 e. The van der Waals surface area contributed by atoms with E-state index in [1.54, 1.807) is 6.07 Å². The van der Waals surface area contributed by atoms with Gasteiger partial charge in [-0.3, -0.25) is 4.79 Å². The van der Waals surface area contributed by atoms with Crippen LogP contribution in [0.25, 0.3) is 5.65 Å². The largest absolute Gasteiger partial charge is 0.354 e. The standard InChI is InChI=1S/C25H28Cl2N6O/c26-19-11-17(12-20(27)13-19)16-4-9-31(10-5-16)25(34)18-14-32(15-18)24-21-1-6-28-7-2-22(21)30-23-3-8-29-33(23)24/h3,8,11-13,16,18,28H,1-2,4-7,9-10,14-15H2. The van der Waals surface area contributed by atoms with Gasteiger partial charge in [0.25, 0.3) is 0 Å². The van der Waals surface area contributed by atoms with Crippen molar-refractivity contribution >= 4 is 40.6 Å². The van der Waals surface area contributed by atoms with Gasteiger partial charge in [0, 0.05) is 60.8 Å². The molecule has 6 rings (SSSR count). The van der Waals surface area contributed by atoms with Gasteiger partial charge >= 0.3 is 0 Å². The molecular formula is C25H28Cl2N6O. The molecule has 3 aromatic rings. The maximum absolute atomic E-state index is 13.3. The third-order valence-corrected chi connectivity index (χ3v) is 7.91. The van der Waals surface area contributed by atoms with Gasteiger partial charge in [0.1, 0.15) is 5.82 Å². The van der Waals surface area contributed by atoms with E-state index < -0.39 is 0 Å². The number of piperidine rings is 1. The van der Waals surface area contributed by atoms with E-state index in [0.29, 0.717) is 16.0 Å². The third-order valence-electron chi connectivity index (χ3n) is 7.47. The Bertz CT molecular complexity index is 1210. The van der Waals surface area contributed by atoms with E-state index in [-0.39, 0.29) is 11.8 Å². The first-order valence-corrected chi connectivity index (χ1v) is 12.9. The van der Waals surface area contributed by atoms with Gasteiger partial charge in [0.05, 0.1) is 17.8 Å². The van der Waals surface area contributed by atoms with Crippen LogP contribution in [-0.4, -0.2) is 64.7 Å². The SMILES string of the molecule is O=C(C1CN(c2c3c(nc4ccnn24)CCNCC3)C1)N1CCC(c2cc(Cl)cc(Cl)c2)CC1. The number of carbonyl (C=O) groups excluding carboxylic acids is 1. The summed E-state index contributed by atoms with van der Waals surface area (Å²) in [6.45, 7) is 4.93. The van der Waals surface area contributed by atoms with Crippen molar-refractivity contribution in [3.05, 3.63) is 57.3 Å². The van der Waals surface area contributed by atoms with Crippen LogP contribution in [0.5, 0.6) is 0 Å². The molecule has 0 radical (unpaired) electrons. The minimum absolute atomic E-state index is 0.0375. The second-order valence-corrected chi connectivity index (χ2v) is 10.5. The van der Waals surface area contributed by atoms with Crippen LogP contribution >= 0.6 is 23.2 Å². The molecule has 2 fully saturated rings. The van der Waals surface area contributed by atoms with Gasteiger partial charge in [0.15, 0.2) is 5.65 Å². The minimum Gasteiger partial charge on any atom is -0.354 e. The molecule has 2 saturated heterocycles. The lowest BCUT2D eigenvalue weighted by Gasteiger charge is -2.44. The summed E-state index contributed by atoms with van der Waals surface area (Å²) < 4.78 is 1.95. The number of carbonyl (C=O) groups is 1. The molecule has 9 heteroatoms. The van der Waals surface area contributed by atoms with Crippen molar-refractivity contribution in [2.45, 2.75) is 31.6 Å². The van der Waals surface area contributed by atoms with Crippen LogP contribution in [0.3, 0.4) is 0 Å². The van der Waals surface area contributed by atoms with Crippen LogP contribution in [0, 0.1) is 5.92 Å². The minimum atomic E-state index is 0.0375. The van der Waals surface area contributed by atoms with Crippen LogP contribution in [-0.2, 0) is 17.6 Å². The van der Waals surface area contributed by atoms with Gasteiger partial charge in [-0.15, -0.1) is 0 Å². The fourth-order valence-electron chi connectivity index (χ4n) is 5.65. The van der Waals surface area contributed by atoms with Crippen molar-refractivity contribution in [1.82, 2.24) is 24.8 Å². The summed E-state index contributed by atoms with van der Waals surface area (Å²) in [5, 5.41) is 9.36. The third kappa shape index (κ3) is 4.04. The van der Waals surface area contributed by atoms with Crippen LogP contribution in [0.1, 0.15) is 35.6 Å². The Balaban J connectivity index is 1.13. The zero-order valence-electron chi connectivity index (χ0n) is 19.0. The van der Waals surface area contributed by atoms with Crippen molar-refractivity contribution in [1.29, 1.82) is 0 Å². The normalized spacial score (nSPS) is 19.7. The van der Waals surface area contributed by atoms with Crippen molar-refractivity contribution in [2.75, 3.05) is 44.2 Å². The molecule has 2 aromatic heterocycles. The topological polar surface area (TPSA) is 65.8 Å². The van der Waals surface area contributed by atoms with Crippen LogP contribution < -0.4 is 10.2 Å². The van der Waals surface area contributed by atoms with Crippen molar-refractivity contribution in [2.24, 2.45) is 5.92 Å². The Morgan fingerprint density at radius 1 is 1.03 bits per heavy atom. The molecule has 0 aliphatic carbocycles. The number of hydrogen-bond donors (Lipinski definition) is 1. The maximum atomic E-state index is 13.3. The summed E-state index contributed by atoms with van der Waals surface area (Å²) in [4.78, 5) is 22.5. The van der Waals surface area contributed by atoms with E-state index in [9.17, 15) is 4.79 Å². The second-order valence-electron chi connectivity index (χ2n) is 9.62. The zero-order valence-corrected chi connectivity index (χ0v) is 20.5. The summed E-state index contributed by atoms with van der Waals surface area (Å²) in [6.07, 6.45) is 5.55. The Hall–Kier alpha value is -2.35. The van der Waals surface area contributed by atoms with Gasteiger partial charge in [-0.1, -0.05) is 23.2 Å². The molecule has 0 unspecified atom stereocenters. The van der Waals surface area contributed by atoms with E-state index >= 15 is 0 Å². The molecule has 5 heterocycles. The van der Waals surface area contributed by atoms with Crippen molar-refractivity contribution < 1.29 is 4.79 Å². The predicted molar refractivity (Wildman–Crippen MR) is 134 cm³/mol. The molecule has 7 nitrogen and oxygen atoms in total. The van der Waals surface area contributed by atoms with Gasteiger partial charge in [0.2, 0.25) is 5.91 Å². The number of nitrogens with one attached hydrogen (secondary N) is 1. The average molecular weight is 499 g/mol. The van der Waals surface area contributed by atoms with Gasteiger partial charge in [-0.05, 0) is 55.5 Å². The highest BCUT2D eigenvalue weighted by atomic mass is 35.5. The highest BCUT2D eigenvalue weighted by molar-refractivity contribution is 6.34. The number of nitrogens with zero attached hydrogens (tertiary/aromatic N) is 5. The van der Waals surface area contributed by atoms with Crippen LogP contribution in [0.4, 0.5) is 5.82 Å². The number of hydrogen-bond acceptors (Lipinski definition) is 5. The Labute approximate surface area is 209 Å². The molecule has 34 heavy (non-hydrogen) atoms. The van der Waals surface area contributed by atoms with Gasteiger partial charge in [-0.25, -0.2) is 4.98 Å². The van der Waals surface area contributed by atoms with E-state index in [1.165, 1.54) is 11.1 Å². The summed E-state index contributed by atoms with van der Waals surface area (Å²) >= 11 is 12.4. The zero-order chi connectivity index (χ0) is 23.2. The highest BCUT2D eigenvalue weighted by Crippen LogP contribution is 2.35. The second kappa shape index (κ2) is 9.02. The summed E-state index contributed by atoms with van der Waals surface area (Å²) in [5.74, 6) is 1.83. The van der Waals surface area contributed by atoms with Gasteiger partial charge in [-0.2, -0.15) is 9.61 Å². The molecule has 1 N–H and O–H groups in total. The lowest BCUT2D eigenvalue weighted by atomic mass is 9.88. The Morgan fingerprint density at radius 2 is 1.76 bits per heavy atom. The number of amides is 1. The first kappa shape index (κ1) is 22.1. The molecule has 0 atom stereocenters. The van der Waals surface area contributed by atoms with Crippen LogP contribution in [0.2, 0.25) is 10.0 Å². The van der Waals surface area contributed by atoms with E-state index in [4.69, 9.17) is 28.2 Å². The van der Waals surface area contributed by atoms with Crippen LogP contribution in [0.15, 0.2) is 30.5 Å². The molecule has 1 amide bonds.